The maximum Gasteiger partial charge on any atom is 0.115 e. The normalized spacial score (nSPS) is 25.3. The summed E-state index contributed by atoms with van der Waals surface area (Å²) in [4.78, 5) is 0. The third-order valence-corrected chi connectivity index (χ3v) is 2.49. The molecule has 0 radical (unpaired) electrons. The molecule has 0 saturated heterocycles. The second kappa shape index (κ2) is 1.71. The molecule has 1 fully saturated rings. The zero-order valence-corrected chi connectivity index (χ0v) is 6.50. The van der Waals surface area contributed by atoms with Gasteiger partial charge in [-0.25, -0.2) is 4.39 Å². The Balaban J connectivity index is 2.59. The Morgan fingerprint density at radius 1 is 1.22 bits per heavy atom. The van der Waals surface area contributed by atoms with Gasteiger partial charge in [0.2, 0.25) is 0 Å². The Morgan fingerprint density at radius 3 is 1.67 bits per heavy atom. The smallest absolute Gasteiger partial charge is 0.115 e. The molecule has 1 saturated carbocycles. The molecule has 0 N–H and O–H groups in total. The van der Waals surface area contributed by atoms with Crippen LogP contribution in [-0.4, -0.2) is 5.67 Å². The molecule has 0 atom stereocenters. The van der Waals surface area contributed by atoms with E-state index in [2.05, 4.69) is 0 Å². The lowest BCUT2D eigenvalue weighted by molar-refractivity contribution is -0.0421. The molecule has 0 unspecified atom stereocenters. The van der Waals surface area contributed by atoms with E-state index in [1.807, 2.05) is 20.8 Å². The van der Waals surface area contributed by atoms with E-state index in [0.717, 1.165) is 19.3 Å². The predicted octanol–water partition coefficient (Wildman–Crippen LogP) is 2.92. The van der Waals surface area contributed by atoms with Crippen LogP contribution in [0, 0.1) is 5.41 Å². The number of halogens is 1. The van der Waals surface area contributed by atoms with Gasteiger partial charge < -0.3 is 0 Å². The highest BCUT2D eigenvalue weighted by Crippen LogP contribution is 2.48. The van der Waals surface area contributed by atoms with Gasteiger partial charge >= 0.3 is 0 Å². The summed E-state index contributed by atoms with van der Waals surface area (Å²) in [5.74, 6) is 0. The number of alkyl halides is 1. The molecule has 1 aliphatic carbocycles. The highest BCUT2D eigenvalue weighted by molar-refractivity contribution is 4.97. The zero-order valence-electron chi connectivity index (χ0n) is 6.50. The summed E-state index contributed by atoms with van der Waals surface area (Å²) >= 11 is 0. The van der Waals surface area contributed by atoms with Crippen LogP contribution >= 0.6 is 0 Å². The van der Waals surface area contributed by atoms with E-state index in [-0.39, 0.29) is 5.41 Å². The molecule has 54 valence electrons. The van der Waals surface area contributed by atoms with Gasteiger partial charge in [-0.05, 0) is 24.7 Å². The molecule has 1 heteroatoms. The average Bonchev–Trinajstić information content (AvgIpc) is 1.57. The molecule has 0 aromatic carbocycles. The Morgan fingerprint density at radius 2 is 1.67 bits per heavy atom. The van der Waals surface area contributed by atoms with E-state index < -0.39 is 5.67 Å². The Kier molecular flexibility index (Phi) is 1.34. The van der Waals surface area contributed by atoms with Gasteiger partial charge in [-0.15, -0.1) is 0 Å². The zero-order chi connectivity index (χ0) is 7.12. The average molecular weight is 130 g/mol. The van der Waals surface area contributed by atoms with Crippen molar-refractivity contribution in [3.63, 3.8) is 0 Å². The third kappa shape index (κ3) is 0.973. The Hall–Kier alpha value is -0.0700. The minimum Gasteiger partial charge on any atom is -0.243 e. The van der Waals surface area contributed by atoms with E-state index in [1.54, 1.807) is 0 Å². The molecule has 9 heavy (non-hydrogen) atoms. The molecule has 0 aliphatic heterocycles. The minimum absolute atomic E-state index is 0.134. The lowest BCUT2D eigenvalue weighted by Crippen LogP contribution is -2.44. The molecule has 0 bridgehead atoms. The Bertz CT molecular complexity index is 106. The van der Waals surface area contributed by atoms with Crippen LogP contribution in [0.5, 0.6) is 0 Å². The number of rotatable bonds is 0. The summed E-state index contributed by atoms with van der Waals surface area (Å²) in [5, 5.41) is 0. The summed E-state index contributed by atoms with van der Waals surface area (Å²) in [5.41, 5.74) is -0.974. The van der Waals surface area contributed by atoms with Crippen molar-refractivity contribution in [2.24, 2.45) is 5.41 Å². The fourth-order valence-corrected chi connectivity index (χ4v) is 1.24. The lowest BCUT2D eigenvalue weighted by Gasteiger charge is -2.44. The Labute approximate surface area is 56.5 Å². The van der Waals surface area contributed by atoms with Crippen LogP contribution in [0.1, 0.15) is 40.0 Å². The molecule has 0 aromatic heterocycles. The molecular formula is C8H15F. The van der Waals surface area contributed by atoms with Crippen molar-refractivity contribution in [3.05, 3.63) is 0 Å². The highest BCUT2D eigenvalue weighted by Gasteiger charge is 2.46. The van der Waals surface area contributed by atoms with Crippen molar-refractivity contribution >= 4 is 0 Å². The van der Waals surface area contributed by atoms with Gasteiger partial charge in [0.15, 0.2) is 0 Å². The van der Waals surface area contributed by atoms with E-state index >= 15 is 0 Å². The van der Waals surface area contributed by atoms with Crippen molar-refractivity contribution in [1.29, 1.82) is 0 Å². The summed E-state index contributed by atoms with van der Waals surface area (Å²) in [6, 6.07) is 0. The van der Waals surface area contributed by atoms with Gasteiger partial charge in [-0.3, -0.25) is 0 Å². The van der Waals surface area contributed by atoms with Crippen LogP contribution in [0.15, 0.2) is 0 Å². The fourth-order valence-electron chi connectivity index (χ4n) is 1.24. The summed E-state index contributed by atoms with van der Waals surface area (Å²) in [6.07, 6.45) is 2.63. The highest BCUT2D eigenvalue weighted by atomic mass is 19.1. The van der Waals surface area contributed by atoms with Crippen LogP contribution in [0.25, 0.3) is 0 Å². The first-order valence-electron chi connectivity index (χ1n) is 3.65. The van der Waals surface area contributed by atoms with E-state index in [9.17, 15) is 4.39 Å². The maximum absolute atomic E-state index is 13.4. The molecule has 1 rings (SSSR count). The van der Waals surface area contributed by atoms with Gasteiger partial charge in [0.25, 0.3) is 0 Å². The molecule has 0 aromatic rings. The molecule has 0 heterocycles. The summed E-state index contributed by atoms with van der Waals surface area (Å²) in [6.45, 7) is 5.94. The van der Waals surface area contributed by atoms with Crippen LogP contribution in [0.2, 0.25) is 0 Å². The van der Waals surface area contributed by atoms with E-state index in [0.29, 0.717) is 0 Å². The van der Waals surface area contributed by atoms with Gasteiger partial charge in [0.1, 0.15) is 5.67 Å². The van der Waals surface area contributed by atoms with Crippen molar-refractivity contribution in [1.82, 2.24) is 0 Å². The molecule has 1 aliphatic rings. The third-order valence-electron chi connectivity index (χ3n) is 2.49. The van der Waals surface area contributed by atoms with Crippen LogP contribution in [0.3, 0.4) is 0 Å². The molecular weight excluding hydrogens is 115 g/mol. The summed E-state index contributed by atoms with van der Waals surface area (Å²) in [7, 11) is 0. The van der Waals surface area contributed by atoms with Gasteiger partial charge in [0, 0.05) is 0 Å². The first-order chi connectivity index (χ1) is 3.96. The van der Waals surface area contributed by atoms with Crippen molar-refractivity contribution < 1.29 is 4.39 Å². The second-order valence-electron chi connectivity index (χ2n) is 4.07. The first kappa shape index (κ1) is 7.04. The minimum atomic E-state index is -0.840. The number of hydrogen-bond acceptors (Lipinski definition) is 0. The van der Waals surface area contributed by atoms with Gasteiger partial charge in [0.05, 0.1) is 0 Å². The summed E-state index contributed by atoms with van der Waals surface area (Å²) < 4.78 is 13.4. The monoisotopic (exact) mass is 130 g/mol. The fraction of sp³-hybridized carbons (Fsp3) is 1.00. The standard InChI is InChI=1S/C8H15F/c1-7(2,3)8(9)5-4-6-8/h4-6H2,1-3H3. The maximum atomic E-state index is 13.4. The van der Waals surface area contributed by atoms with Crippen molar-refractivity contribution in [2.45, 2.75) is 45.7 Å². The van der Waals surface area contributed by atoms with E-state index in [4.69, 9.17) is 0 Å². The van der Waals surface area contributed by atoms with Crippen LogP contribution < -0.4 is 0 Å². The van der Waals surface area contributed by atoms with Crippen molar-refractivity contribution in [2.75, 3.05) is 0 Å². The topological polar surface area (TPSA) is 0 Å². The lowest BCUT2D eigenvalue weighted by atomic mass is 9.66. The SMILES string of the molecule is CC(C)(C)C1(F)CCC1. The molecule has 0 spiro atoms. The quantitative estimate of drug-likeness (QED) is 0.473. The first-order valence-corrected chi connectivity index (χ1v) is 3.65. The largest absolute Gasteiger partial charge is 0.243 e. The van der Waals surface area contributed by atoms with Gasteiger partial charge in [-0.2, -0.15) is 0 Å². The van der Waals surface area contributed by atoms with E-state index in [1.165, 1.54) is 0 Å². The van der Waals surface area contributed by atoms with Crippen LogP contribution in [0.4, 0.5) is 4.39 Å². The van der Waals surface area contributed by atoms with Gasteiger partial charge in [-0.1, -0.05) is 20.8 Å². The molecule has 0 nitrogen and oxygen atoms in total. The number of hydrogen-bond donors (Lipinski definition) is 0. The molecule has 0 amide bonds. The predicted molar refractivity (Wildman–Crippen MR) is 37.1 cm³/mol. The van der Waals surface area contributed by atoms with Crippen molar-refractivity contribution in [3.8, 4) is 0 Å². The van der Waals surface area contributed by atoms with Crippen LogP contribution in [-0.2, 0) is 0 Å². The second-order valence-corrected chi connectivity index (χ2v) is 4.07.